The average molecular weight is 462 g/mol. The van der Waals surface area contributed by atoms with Gasteiger partial charge in [0.1, 0.15) is 12.1 Å². The van der Waals surface area contributed by atoms with Gasteiger partial charge in [-0.1, -0.05) is 19.9 Å². The van der Waals surface area contributed by atoms with E-state index < -0.39 is 12.1 Å². The molecule has 0 fully saturated rings. The number of halogens is 1. The van der Waals surface area contributed by atoms with Crippen LogP contribution in [0.4, 0.5) is 16.0 Å². The molecule has 0 amide bonds. The molecule has 1 aromatic carbocycles. The van der Waals surface area contributed by atoms with E-state index in [1.54, 1.807) is 41.7 Å². The van der Waals surface area contributed by atoms with E-state index in [2.05, 4.69) is 32.7 Å². The van der Waals surface area contributed by atoms with Crippen molar-refractivity contribution in [3.8, 4) is 5.69 Å². The van der Waals surface area contributed by atoms with E-state index >= 15 is 0 Å². The Morgan fingerprint density at radius 3 is 2.82 bits per heavy atom. The zero-order valence-electron chi connectivity index (χ0n) is 19.6. The van der Waals surface area contributed by atoms with Crippen molar-refractivity contribution in [1.29, 1.82) is 0 Å². The van der Waals surface area contributed by atoms with Crippen LogP contribution in [0, 0.1) is 0 Å². The number of hydrogen-bond donors (Lipinski definition) is 2. The van der Waals surface area contributed by atoms with E-state index in [1.165, 1.54) is 11.1 Å². The third-order valence-corrected chi connectivity index (χ3v) is 6.34. The summed E-state index contributed by atoms with van der Waals surface area (Å²) in [5.41, 5.74) is 4.38. The Kier molecular flexibility index (Phi) is 5.65. The van der Waals surface area contributed by atoms with Crippen LogP contribution in [0.5, 0.6) is 0 Å². The molecule has 5 rings (SSSR count). The zero-order valence-corrected chi connectivity index (χ0v) is 19.6. The molecule has 34 heavy (non-hydrogen) atoms. The van der Waals surface area contributed by atoms with Crippen LogP contribution in [0.25, 0.3) is 16.7 Å². The van der Waals surface area contributed by atoms with Gasteiger partial charge in [-0.05, 0) is 55.3 Å². The number of hydrogen-bond acceptors (Lipinski definition) is 6. The van der Waals surface area contributed by atoms with Crippen molar-refractivity contribution in [3.05, 3.63) is 69.9 Å². The standard InChI is InChI=1S/C25H28FN7O/c1-4-32-23(34)20-14-29-24(30-18-6-5-16-7-9-27-13-17(16)11-18)31-22(20)33(32)19-8-10-28-21(12-19)25(2,3)15-26/h5-6,8,10-12,14,27H,4,7,9,13,15H2,1-3H3,(H,29,30,31). The fraction of sp³-hybridized carbons (Fsp3) is 0.360. The molecule has 0 spiro atoms. The fourth-order valence-electron chi connectivity index (χ4n) is 4.31. The Morgan fingerprint density at radius 1 is 1.18 bits per heavy atom. The number of aromatic nitrogens is 5. The number of pyridine rings is 1. The van der Waals surface area contributed by atoms with Gasteiger partial charge < -0.3 is 10.6 Å². The molecule has 2 N–H and O–H groups in total. The molecule has 176 valence electrons. The van der Waals surface area contributed by atoms with E-state index in [0.717, 1.165) is 25.2 Å². The Hall–Kier alpha value is -3.59. The predicted molar refractivity (Wildman–Crippen MR) is 131 cm³/mol. The van der Waals surface area contributed by atoms with Gasteiger partial charge in [0, 0.05) is 36.6 Å². The Balaban J connectivity index is 1.60. The molecule has 4 heterocycles. The monoisotopic (exact) mass is 461 g/mol. The topological polar surface area (TPSA) is 89.7 Å². The number of fused-ring (bicyclic) bond motifs is 2. The molecule has 8 nitrogen and oxygen atoms in total. The lowest BCUT2D eigenvalue weighted by Crippen LogP contribution is -2.23. The first-order valence-electron chi connectivity index (χ1n) is 11.5. The van der Waals surface area contributed by atoms with Gasteiger partial charge >= 0.3 is 0 Å². The Bertz CT molecular complexity index is 1420. The van der Waals surface area contributed by atoms with E-state index in [0.29, 0.717) is 34.9 Å². The summed E-state index contributed by atoms with van der Waals surface area (Å²) >= 11 is 0. The highest BCUT2D eigenvalue weighted by atomic mass is 19.1. The number of nitrogens with zero attached hydrogens (tertiary/aromatic N) is 5. The highest BCUT2D eigenvalue weighted by Crippen LogP contribution is 2.26. The number of anilines is 2. The van der Waals surface area contributed by atoms with Crippen LogP contribution in [0.1, 0.15) is 37.6 Å². The molecule has 0 unspecified atom stereocenters. The second-order valence-electron chi connectivity index (χ2n) is 9.22. The molecule has 3 aromatic heterocycles. The van der Waals surface area contributed by atoms with Gasteiger partial charge in [-0.25, -0.2) is 14.3 Å². The highest BCUT2D eigenvalue weighted by Gasteiger charge is 2.24. The summed E-state index contributed by atoms with van der Waals surface area (Å²) in [7, 11) is 0. The summed E-state index contributed by atoms with van der Waals surface area (Å²) in [6, 6.07) is 9.88. The lowest BCUT2D eigenvalue weighted by molar-refractivity contribution is 0.344. The minimum atomic E-state index is -0.737. The van der Waals surface area contributed by atoms with Gasteiger partial charge in [-0.15, -0.1) is 0 Å². The van der Waals surface area contributed by atoms with Crippen LogP contribution < -0.4 is 16.2 Å². The third-order valence-electron chi connectivity index (χ3n) is 6.34. The largest absolute Gasteiger partial charge is 0.324 e. The smallest absolute Gasteiger partial charge is 0.278 e. The van der Waals surface area contributed by atoms with Crippen LogP contribution in [0.3, 0.4) is 0 Å². The fourth-order valence-corrected chi connectivity index (χ4v) is 4.31. The maximum absolute atomic E-state index is 13.6. The minimum Gasteiger partial charge on any atom is -0.324 e. The molecule has 0 saturated heterocycles. The van der Waals surface area contributed by atoms with Gasteiger partial charge in [0.05, 0.1) is 11.4 Å². The molecule has 0 bridgehead atoms. The molecule has 9 heteroatoms. The lowest BCUT2D eigenvalue weighted by Gasteiger charge is -2.21. The molecule has 1 aliphatic heterocycles. The summed E-state index contributed by atoms with van der Waals surface area (Å²) < 4.78 is 17.0. The van der Waals surface area contributed by atoms with Gasteiger partial charge in [0.25, 0.3) is 5.56 Å². The lowest BCUT2D eigenvalue weighted by atomic mass is 9.90. The summed E-state index contributed by atoms with van der Waals surface area (Å²) in [4.78, 5) is 26.6. The van der Waals surface area contributed by atoms with Crippen LogP contribution in [0.2, 0.25) is 0 Å². The van der Waals surface area contributed by atoms with Gasteiger partial charge in [0.15, 0.2) is 5.65 Å². The Morgan fingerprint density at radius 2 is 2.03 bits per heavy atom. The second-order valence-corrected chi connectivity index (χ2v) is 9.22. The van der Waals surface area contributed by atoms with Crippen molar-refractivity contribution in [2.45, 2.75) is 45.7 Å². The average Bonchev–Trinajstić information content (AvgIpc) is 3.14. The van der Waals surface area contributed by atoms with E-state index in [9.17, 15) is 9.18 Å². The van der Waals surface area contributed by atoms with Crippen molar-refractivity contribution in [2.75, 3.05) is 18.5 Å². The number of benzene rings is 1. The van der Waals surface area contributed by atoms with Crippen molar-refractivity contribution in [1.82, 2.24) is 29.6 Å². The van der Waals surface area contributed by atoms with Crippen LogP contribution in [0.15, 0.2) is 47.5 Å². The number of alkyl halides is 1. The van der Waals surface area contributed by atoms with Crippen LogP contribution in [-0.2, 0) is 24.9 Å². The quantitative estimate of drug-likeness (QED) is 0.456. The van der Waals surface area contributed by atoms with Crippen molar-refractivity contribution in [2.24, 2.45) is 0 Å². The van der Waals surface area contributed by atoms with Gasteiger partial charge in [0.2, 0.25) is 5.95 Å². The SMILES string of the molecule is CCn1c(=O)c2cnc(Nc3ccc4c(c3)CNCC4)nc2n1-c1ccnc(C(C)(C)CF)c1. The van der Waals surface area contributed by atoms with E-state index in [-0.39, 0.29) is 5.56 Å². The molecule has 1 aliphatic rings. The first-order valence-corrected chi connectivity index (χ1v) is 11.5. The number of rotatable bonds is 6. The Labute approximate surface area is 196 Å². The summed E-state index contributed by atoms with van der Waals surface area (Å²) in [5.74, 6) is 0.400. The van der Waals surface area contributed by atoms with E-state index in [4.69, 9.17) is 4.98 Å². The van der Waals surface area contributed by atoms with Crippen LogP contribution in [-0.4, -0.2) is 37.5 Å². The molecule has 0 radical (unpaired) electrons. The van der Waals surface area contributed by atoms with E-state index in [1.807, 2.05) is 19.1 Å². The van der Waals surface area contributed by atoms with Gasteiger partial charge in [-0.3, -0.25) is 14.2 Å². The van der Waals surface area contributed by atoms with Crippen molar-refractivity contribution < 1.29 is 4.39 Å². The summed E-state index contributed by atoms with van der Waals surface area (Å²) in [5, 5.41) is 7.09. The second kappa shape index (κ2) is 8.64. The summed E-state index contributed by atoms with van der Waals surface area (Å²) in [6.07, 6.45) is 4.21. The number of nitrogens with one attached hydrogen (secondary N) is 2. The minimum absolute atomic E-state index is 0.174. The zero-order chi connectivity index (χ0) is 23.9. The molecule has 0 aliphatic carbocycles. The molecular formula is C25H28FN7O. The maximum Gasteiger partial charge on any atom is 0.278 e. The summed E-state index contributed by atoms with van der Waals surface area (Å²) in [6.45, 7) is 7.24. The van der Waals surface area contributed by atoms with Crippen LogP contribution >= 0.6 is 0 Å². The van der Waals surface area contributed by atoms with Crippen molar-refractivity contribution >= 4 is 22.7 Å². The first kappa shape index (κ1) is 22.2. The molecule has 0 atom stereocenters. The van der Waals surface area contributed by atoms with Gasteiger partial charge in [-0.2, -0.15) is 4.98 Å². The van der Waals surface area contributed by atoms with Crippen molar-refractivity contribution in [3.63, 3.8) is 0 Å². The molecule has 4 aromatic rings. The first-order chi connectivity index (χ1) is 16.4. The normalized spacial score (nSPS) is 13.8. The molecule has 0 saturated carbocycles. The maximum atomic E-state index is 13.6. The third kappa shape index (κ3) is 3.86. The highest BCUT2D eigenvalue weighted by molar-refractivity contribution is 5.77. The molecular weight excluding hydrogens is 433 g/mol. The predicted octanol–water partition coefficient (Wildman–Crippen LogP) is 3.63.